The molecule has 4 nitrogen and oxygen atoms in total. The summed E-state index contributed by atoms with van der Waals surface area (Å²) in [7, 11) is -3.11. The molecule has 0 spiro atoms. The van der Waals surface area contributed by atoms with Crippen molar-refractivity contribution < 1.29 is 8.42 Å². The molecule has 0 aliphatic carbocycles. The zero-order valence-corrected chi connectivity index (χ0v) is 12.4. The highest BCUT2D eigenvalue weighted by Crippen LogP contribution is 2.32. The number of nitrogens with two attached hydrogens (primary N) is 1. The molecule has 0 saturated carbocycles. The summed E-state index contributed by atoms with van der Waals surface area (Å²) in [4.78, 5) is 0. The van der Waals surface area contributed by atoms with Crippen LogP contribution in [0, 0.1) is 0 Å². The van der Waals surface area contributed by atoms with E-state index < -0.39 is 10.0 Å². The number of piperidine rings is 1. The van der Waals surface area contributed by atoms with E-state index in [9.17, 15) is 8.42 Å². The SMILES string of the molecule is CC(C)S(=O)(=O)N1CCC(c2ccccc2N)CC1. The summed E-state index contributed by atoms with van der Waals surface area (Å²) in [6.45, 7) is 4.66. The van der Waals surface area contributed by atoms with Crippen molar-refractivity contribution in [2.75, 3.05) is 18.8 Å². The molecule has 1 aliphatic rings. The Morgan fingerprint density at radius 2 is 1.79 bits per heavy atom. The predicted molar refractivity (Wildman–Crippen MR) is 78.5 cm³/mol. The van der Waals surface area contributed by atoms with Gasteiger partial charge in [0.05, 0.1) is 5.25 Å². The van der Waals surface area contributed by atoms with Crippen molar-refractivity contribution in [2.45, 2.75) is 37.9 Å². The fourth-order valence-electron chi connectivity index (χ4n) is 2.60. The molecular weight excluding hydrogens is 260 g/mol. The van der Waals surface area contributed by atoms with Crippen molar-refractivity contribution in [3.63, 3.8) is 0 Å². The van der Waals surface area contributed by atoms with Gasteiger partial charge in [0, 0.05) is 18.8 Å². The van der Waals surface area contributed by atoms with Gasteiger partial charge in [0.15, 0.2) is 0 Å². The largest absolute Gasteiger partial charge is 0.398 e. The van der Waals surface area contributed by atoms with E-state index in [-0.39, 0.29) is 5.25 Å². The Morgan fingerprint density at radius 1 is 1.21 bits per heavy atom. The molecular formula is C14H22N2O2S. The Kier molecular flexibility index (Phi) is 4.16. The molecule has 1 saturated heterocycles. The molecule has 0 radical (unpaired) electrons. The number of hydrogen-bond donors (Lipinski definition) is 1. The van der Waals surface area contributed by atoms with E-state index in [1.165, 1.54) is 0 Å². The molecule has 2 rings (SSSR count). The van der Waals surface area contributed by atoms with Crippen molar-refractivity contribution >= 4 is 15.7 Å². The first-order valence-electron chi connectivity index (χ1n) is 6.76. The normalized spacial score (nSPS) is 18.9. The Morgan fingerprint density at radius 3 is 2.32 bits per heavy atom. The van der Waals surface area contributed by atoms with Crippen LogP contribution in [0.3, 0.4) is 0 Å². The van der Waals surface area contributed by atoms with E-state index in [1.807, 2.05) is 24.3 Å². The molecule has 1 fully saturated rings. The second-order valence-corrected chi connectivity index (χ2v) is 7.89. The Bertz CT molecular complexity index is 532. The smallest absolute Gasteiger partial charge is 0.216 e. The van der Waals surface area contributed by atoms with Crippen LogP contribution >= 0.6 is 0 Å². The summed E-state index contributed by atoms with van der Waals surface area (Å²) in [5.41, 5.74) is 7.96. The minimum Gasteiger partial charge on any atom is -0.398 e. The number of benzene rings is 1. The van der Waals surface area contributed by atoms with E-state index in [4.69, 9.17) is 5.73 Å². The van der Waals surface area contributed by atoms with Gasteiger partial charge in [-0.25, -0.2) is 12.7 Å². The summed E-state index contributed by atoms with van der Waals surface area (Å²) >= 11 is 0. The van der Waals surface area contributed by atoms with Gasteiger partial charge in [0.25, 0.3) is 0 Å². The maximum Gasteiger partial charge on any atom is 0.216 e. The standard InChI is InChI=1S/C14H22N2O2S/c1-11(2)19(17,18)16-9-7-12(8-10-16)13-5-3-4-6-14(13)15/h3-6,11-12H,7-10,15H2,1-2H3. The van der Waals surface area contributed by atoms with E-state index in [0.29, 0.717) is 19.0 Å². The molecule has 0 bridgehead atoms. The van der Waals surface area contributed by atoms with Gasteiger partial charge in [-0.2, -0.15) is 0 Å². The zero-order chi connectivity index (χ0) is 14.0. The highest BCUT2D eigenvalue weighted by molar-refractivity contribution is 7.89. The highest BCUT2D eigenvalue weighted by Gasteiger charge is 2.30. The fourth-order valence-corrected chi connectivity index (χ4v) is 3.92. The van der Waals surface area contributed by atoms with Crippen LogP contribution in [0.15, 0.2) is 24.3 Å². The maximum atomic E-state index is 12.1. The van der Waals surface area contributed by atoms with E-state index in [0.717, 1.165) is 24.1 Å². The number of sulfonamides is 1. The van der Waals surface area contributed by atoms with E-state index in [2.05, 4.69) is 0 Å². The van der Waals surface area contributed by atoms with Crippen LogP contribution in [0.2, 0.25) is 0 Å². The molecule has 1 aliphatic heterocycles. The average Bonchev–Trinajstić information content (AvgIpc) is 2.39. The number of anilines is 1. The topological polar surface area (TPSA) is 63.4 Å². The van der Waals surface area contributed by atoms with Gasteiger partial charge in [-0.05, 0) is 44.2 Å². The van der Waals surface area contributed by atoms with Crippen LogP contribution in [0.1, 0.15) is 38.2 Å². The van der Waals surface area contributed by atoms with Gasteiger partial charge in [-0.3, -0.25) is 0 Å². The number of rotatable bonds is 3. The van der Waals surface area contributed by atoms with Crippen LogP contribution in [0.4, 0.5) is 5.69 Å². The van der Waals surface area contributed by atoms with Gasteiger partial charge in [-0.1, -0.05) is 18.2 Å². The Labute approximate surface area is 115 Å². The first-order valence-corrected chi connectivity index (χ1v) is 8.26. The van der Waals surface area contributed by atoms with Crippen molar-refractivity contribution in [1.29, 1.82) is 0 Å². The quantitative estimate of drug-likeness (QED) is 0.864. The fraction of sp³-hybridized carbons (Fsp3) is 0.571. The van der Waals surface area contributed by atoms with Crippen molar-refractivity contribution in [3.05, 3.63) is 29.8 Å². The van der Waals surface area contributed by atoms with Gasteiger partial charge in [-0.15, -0.1) is 0 Å². The summed E-state index contributed by atoms with van der Waals surface area (Å²) in [5.74, 6) is 0.375. The number of hydrogen-bond acceptors (Lipinski definition) is 3. The lowest BCUT2D eigenvalue weighted by Gasteiger charge is -2.33. The molecule has 106 valence electrons. The third kappa shape index (κ3) is 2.92. The maximum absolute atomic E-state index is 12.1. The molecule has 0 aromatic heterocycles. The monoisotopic (exact) mass is 282 g/mol. The van der Waals surface area contributed by atoms with Crippen molar-refractivity contribution in [1.82, 2.24) is 4.31 Å². The lowest BCUT2D eigenvalue weighted by atomic mass is 9.89. The lowest BCUT2D eigenvalue weighted by molar-refractivity contribution is 0.317. The molecule has 1 heterocycles. The summed E-state index contributed by atoms with van der Waals surface area (Å²) in [5, 5.41) is -0.342. The minimum absolute atomic E-state index is 0.342. The average molecular weight is 282 g/mol. The molecule has 1 aromatic carbocycles. The third-order valence-electron chi connectivity index (χ3n) is 3.85. The summed E-state index contributed by atoms with van der Waals surface area (Å²) < 4.78 is 25.8. The molecule has 2 N–H and O–H groups in total. The van der Waals surface area contributed by atoms with Crippen LogP contribution in [0.25, 0.3) is 0 Å². The number of nitrogen functional groups attached to an aromatic ring is 1. The first kappa shape index (κ1) is 14.3. The van der Waals surface area contributed by atoms with Gasteiger partial charge in [0.2, 0.25) is 10.0 Å². The van der Waals surface area contributed by atoms with Gasteiger partial charge >= 0.3 is 0 Å². The lowest BCUT2D eigenvalue weighted by Crippen LogP contribution is -2.41. The molecule has 5 heteroatoms. The molecule has 0 atom stereocenters. The van der Waals surface area contributed by atoms with Crippen molar-refractivity contribution in [3.8, 4) is 0 Å². The first-order chi connectivity index (χ1) is 8.93. The van der Waals surface area contributed by atoms with Crippen LogP contribution in [0.5, 0.6) is 0 Å². The summed E-state index contributed by atoms with van der Waals surface area (Å²) in [6, 6.07) is 7.87. The second kappa shape index (κ2) is 5.51. The van der Waals surface area contributed by atoms with E-state index in [1.54, 1.807) is 18.2 Å². The molecule has 19 heavy (non-hydrogen) atoms. The van der Waals surface area contributed by atoms with E-state index >= 15 is 0 Å². The summed E-state index contributed by atoms with van der Waals surface area (Å²) in [6.07, 6.45) is 1.69. The number of nitrogens with zero attached hydrogens (tertiary/aromatic N) is 1. The van der Waals surface area contributed by atoms with Gasteiger partial charge < -0.3 is 5.73 Å². The molecule has 0 amide bonds. The van der Waals surface area contributed by atoms with Crippen LogP contribution in [-0.2, 0) is 10.0 Å². The predicted octanol–water partition coefficient (Wildman–Crippen LogP) is 2.19. The Balaban J connectivity index is 2.06. The minimum atomic E-state index is -3.11. The third-order valence-corrected chi connectivity index (χ3v) is 6.12. The second-order valence-electron chi connectivity index (χ2n) is 5.40. The molecule has 0 unspecified atom stereocenters. The van der Waals surface area contributed by atoms with Crippen molar-refractivity contribution in [2.24, 2.45) is 0 Å². The number of para-hydroxylation sites is 1. The highest BCUT2D eigenvalue weighted by atomic mass is 32.2. The van der Waals surface area contributed by atoms with Crippen LogP contribution in [-0.4, -0.2) is 31.1 Å². The van der Waals surface area contributed by atoms with Gasteiger partial charge in [0.1, 0.15) is 0 Å². The Hall–Kier alpha value is -1.07. The van der Waals surface area contributed by atoms with Crippen LogP contribution < -0.4 is 5.73 Å². The zero-order valence-electron chi connectivity index (χ0n) is 11.5. The molecule has 1 aromatic rings.